The predicted molar refractivity (Wildman–Crippen MR) is 142 cm³/mol. The van der Waals surface area contributed by atoms with Crippen molar-refractivity contribution in [1.29, 1.82) is 0 Å². The molecule has 0 aliphatic carbocycles. The van der Waals surface area contributed by atoms with Gasteiger partial charge in [-0.3, -0.25) is 9.59 Å². The molecule has 6 nitrogen and oxygen atoms in total. The summed E-state index contributed by atoms with van der Waals surface area (Å²) in [4.78, 5) is 31.9. The van der Waals surface area contributed by atoms with Gasteiger partial charge in [-0.15, -0.1) is 0 Å². The number of likely N-dealkylation sites (tertiary alicyclic amines) is 1. The van der Waals surface area contributed by atoms with E-state index >= 15 is 0 Å². The summed E-state index contributed by atoms with van der Waals surface area (Å²) in [6, 6.07) is 20.6. The largest absolute Gasteiger partial charge is 0.491 e. The normalized spacial score (nSPS) is 16.2. The summed E-state index contributed by atoms with van der Waals surface area (Å²) in [5.74, 6) is 0.520. The number of H-pyrrole nitrogens is 1. The van der Waals surface area contributed by atoms with Crippen LogP contribution in [0.3, 0.4) is 0 Å². The molecule has 1 fully saturated rings. The first-order valence-electron chi connectivity index (χ1n) is 12.3. The third kappa shape index (κ3) is 4.47. The Labute approximate surface area is 211 Å². The number of benzene rings is 3. The van der Waals surface area contributed by atoms with Crippen molar-refractivity contribution in [3.8, 4) is 5.75 Å². The second-order valence-electron chi connectivity index (χ2n) is 9.74. The van der Waals surface area contributed by atoms with Gasteiger partial charge in [0.15, 0.2) is 0 Å². The molecule has 184 valence electrons. The molecule has 0 spiro atoms. The average molecular weight is 482 g/mol. The molecule has 1 saturated heterocycles. The number of aromatic amines is 1. The van der Waals surface area contributed by atoms with Gasteiger partial charge in [-0.25, -0.2) is 0 Å². The quantitative estimate of drug-likeness (QED) is 0.308. The van der Waals surface area contributed by atoms with Crippen LogP contribution in [0.1, 0.15) is 54.6 Å². The van der Waals surface area contributed by atoms with Crippen molar-refractivity contribution in [2.24, 2.45) is 0 Å². The number of carbonyl (C=O) groups is 2. The van der Waals surface area contributed by atoms with Crippen LogP contribution < -0.4 is 10.1 Å². The van der Waals surface area contributed by atoms with Gasteiger partial charge in [0.1, 0.15) is 11.8 Å². The number of rotatable bonds is 7. The zero-order valence-corrected chi connectivity index (χ0v) is 21.0. The van der Waals surface area contributed by atoms with Crippen molar-refractivity contribution in [3.05, 3.63) is 95.2 Å². The number of para-hydroxylation sites is 1. The first kappa shape index (κ1) is 23.7. The summed E-state index contributed by atoms with van der Waals surface area (Å²) in [5.41, 5.74) is 5.50. The van der Waals surface area contributed by atoms with Crippen LogP contribution in [0.2, 0.25) is 0 Å². The maximum absolute atomic E-state index is 13.9. The van der Waals surface area contributed by atoms with Crippen LogP contribution >= 0.6 is 0 Å². The topological polar surface area (TPSA) is 74.4 Å². The van der Waals surface area contributed by atoms with Crippen molar-refractivity contribution >= 4 is 28.4 Å². The molecule has 2 heterocycles. The van der Waals surface area contributed by atoms with E-state index in [-0.39, 0.29) is 24.0 Å². The Bertz CT molecular complexity index is 1400. The first-order valence-corrected chi connectivity index (χ1v) is 12.3. The van der Waals surface area contributed by atoms with Gasteiger partial charge >= 0.3 is 0 Å². The van der Waals surface area contributed by atoms with E-state index in [1.165, 1.54) is 0 Å². The minimum Gasteiger partial charge on any atom is -0.491 e. The van der Waals surface area contributed by atoms with Crippen LogP contribution in [0.5, 0.6) is 5.75 Å². The van der Waals surface area contributed by atoms with Crippen molar-refractivity contribution in [1.82, 2.24) is 9.88 Å². The van der Waals surface area contributed by atoms with Crippen molar-refractivity contribution < 1.29 is 14.3 Å². The number of hydrogen-bond acceptors (Lipinski definition) is 3. The Morgan fingerprint density at radius 1 is 1.03 bits per heavy atom. The van der Waals surface area contributed by atoms with Crippen LogP contribution in [0.4, 0.5) is 5.69 Å². The van der Waals surface area contributed by atoms with E-state index in [0.717, 1.165) is 44.6 Å². The SMILES string of the molecule is Cc1cccc(C)c1NC(=O)C(c1ccc2[nH]ccc2c1)N1C(=O)CC1c1ccc(OC(C)C)cc1. The van der Waals surface area contributed by atoms with E-state index in [4.69, 9.17) is 4.74 Å². The Morgan fingerprint density at radius 2 is 1.75 bits per heavy atom. The lowest BCUT2D eigenvalue weighted by Gasteiger charge is -2.45. The second-order valence-corrected chi connectivity index (χ2v) is 9.74. The van der Waals surface area contributed by atoms with Crippen LogP contribution in [0, 0.1) is 13.8 Å². The molecule has 0 saturated carbocycles. The summed E-state index contributed by atoms with van der Waals surface area (Å²) >= 11 is 0. The maximum atomic E-state index is 13.9. The molecule has 4 aromatic rings. The smallest absolute Gasteiger partial charge is 0.251 e. The average Bonchev–Trinajstić information content (AvgIpc) is 3.31. The van der Waals surface area contributed by atoms with Gasteiger partial charge in [-0.05, 0) is 85.7 Å². The second kappa shape index (κ2) is 9.53. The highest BCUT2D eigenvalue weighted by Gasteiger charge is 2.45. The monoisotopic (exact) mass is 481 g/mol. The molecule has 36 heavy (non-hydrogen) atoms. The maximum Gasteiger partial charge on any atom is 0.251 e. The number of amides is 2. The Balaban J connectivity index is 1.51. The van der Waals surface area contributed by atoms with Gasteiger partial charge in [0.2, 0.25) is 5.91 Å². The number of carbonyl (C=O) groups excluding carboxylic acids is 2. The fraction of sp³-hybridized carbons (Fsp3) is 0.267. The summed E-state index contributed by atoms with van der Waals surface area (Å²) in [5, 5.41) is 4.13. The summed E-state index contributed by atoms with van der Waals surface area (Å²) in [7, 11) is 0. The third-order valence-electron chi connectivity index (χ3n) is 6.78. The summed E-state index contributed by atoms with van der Waals surface area (Å²) < 4.78 is 5.78. The molecular weight excluding hydrogens is 450 g/mol. The van der Waals surface area contributed by atoms with E-state index in [0.29, 0.717) is 6.42 Å². The van der Waals surface area contributed by atoms with Gasteiger partial charge in [-0.1, -0.05) is 36.4 Å². The molecule has 1 aliphatic rings. The molecule has 0 radical (unpaired) electrons. The van der Waals surface area contributed by atoms with E-state index in [1.54, 1.807) is 4.90 Å². The van der Waals surface area contributed by atoms with E-state index in [9.17, 15) is 9.59 Å². The number of aryl methyl sites for hydroxylation is 2. The van der Waals surface area contributed by atoms with Crippen molar-refractivity contribution in [2.75, 3.05) is 5.32 Å². The van der Waals surface area contributed by atoms with E-state index in [1.807, 2.05) is 101 Å². The minimum atomic E-state index is -0.763. The molecular formula is C30H31N3O3. The minimum absolute atomic E-state index is 0.0432. The van der Waals surface area contributed by atoms with E-state index in [2.05, 4.69) is 10.3 Å². The van der Waals surface area contributed by atoms with Gasteiger partial charge in [0, 0.05) is 17.4 Å². The lowest BCUT2D eigenvalue weighted by molar-refractivity contribution is -0.154. The van der Waals surface area contributed by atoms with Crippen LogP contribution in [-0.4, -0.2) is 27.8 Å². The van der Waals surface area contributed by atoms with E-state index < -0.39 is 6.04 Å². The number of hydrogen-bond donors (Lipinski definition) is 2. The Morgan fingerprint density at radius 3 is 2.42 bits per heavy atom. The molecule has 2 atom stereocenters. The summed E-state index contributed by atoms with van der Waals surface area (Å²) in [6.07, 6.45) is 2.32. The van der Waals surface area contributed by atoms with Crippen LogP contribution in [0.15, 0.2) is 72.9 Å². The van der Waals surface area contributed by atoms with Gasteiger partial charge < -0.3 is 19.9 Å². The molecule has 2 unspecified atom stereocenters. The molecule has 6 heteroatoms. The number of fused-ring (bicyclic) bond motifs is 1. The highest BCUT2D eigenvalue weighted by Crippen LogP contribution is 2.43. The van der Waals surface area contributed by atoms with Crippen LogP contribution in [-0.2, 0) is 9.59 Å². The number of anilines is 1. The number of nitrogens with zero attached hydrogens (tertiary/aromatic N) is 1. The molecule has 0 bridgehead atoms. The number of β-lactam (4-membered cyclic amide) rings is 1. The first-order chi connectivity index (χ1) is 17.3. The fourth-order valence-corrected chi connectivity index (χ4v) is 4.96. The van der Waals surface area contributed by atoms with Crippen molar-refractivity contribution in [3.63, 3.8) is 0 Å². The molecule has 1 aliphatic heterocycles. The molecule has 3 aromatic carbocycles. The third-order valence-corrected chi connectivity index (χ3v) is 6.78. The number of ether oxygens (including phenoxy) is 1. The number of nitrogens with one attached hydrogen (secondary N) is 2. The zero-order valence-electron chi connectivity index (χ0n) is 21.0. The van der Waals surface area contributed by atoms with Crippen molar-refractivity contribution in [2.45, 2.75) is 52.3 Å². The highest BCUT2D eigenvalue weighted by atomic mass is 16.5. The van der Waals surface area contributed by atoms with Crippen LogP contribution in [0.25, 0.3) is 10.9 Å². The Hall–Kier alpha value is -4.06. The molecule has 2 amide bonds. The lowest BCUT2D eigenvalue weighted by atomic mass is 9.88. The van der Waals surface area contributed by atoms with Gasteiger partial charge in [0.25, 0.3) is 5.91 Å². The number of aromatic nitrogens is 1. The zero-order chi connectivity index (χ0) is 25.4. The predicted octanol–water partition coefficient (Wildman–Crippen LogP) is 6.23. The molecule has 1 aromatic heterocycles. The molecule has 5 rings (SSSR count). The van der Waals surface area contributed by atoms with Gasteiger partial charge in [-0.2, -0.15) is 0 Å². The summed E-state index contributed by atoms with van der Waals surface area (Å²) in [6.45, 7) is 7.92. The fourth-order valence-electron chi connectivity index (χ4n) is 4.96. The molecule has 2 N–H and O–H groups in total. The Kier molecular flexibility index (Phi) is 6.27. The lowest BCUT2D eigenvalue weighted by Crippen LogP contribution is -2.51. The standard InChI is InChI=1S/C30H31N3O3/c1-18(2)36-24-11-8-21(9-12-24)26-17-27(34)33(26)29(23-10-13-25-22(16-23)14-15-31-25)30(35)32-28-19(3)6-5-7-20(28)4/h5-16,18,26,29,31H,17H2,1-4H3,(H,32,35). The van der Waals surface area contributed by atoms with Gasteiger partial charge in [0.05, 0.1) is 18.6 Å². The highest BCUT2D eigenvalue weighted by molar-refractivity contribution is 6.01.